The summed E-state index contributed by atoms with van der Waals surface area (Å²) in [5, 5.41) is 0. The zero-order valence-electron chi connectivity index (χ0n) is 8.63. The quantitative estimate of drug-likeness (QED) is 0.576. The molecule has 0 aromatic heterocycles. The monoisotopic (exact) mass is 168 g/mol. The van der Waals surface area contributed by atoms with Crippen molar-refractivity contribution < 1.29 is 4.74 Å². The average molecular weight is 168 g/mol. The molecule has 0 unspecified atom stereocenters. The van der Waals surface area contributed by atoms with E-state index in [1.165, 1.54) is 6.42 Å². The van der Waals surface area contributed by atoms with Crippen LogP contribution in [0.15, 0.2) is 12.2 Å². The van der Waals surface area contributed by atoms with E-state index in [2.05, 4.69) is 32.9 Å². The summed E-state index contributed by atoms with van der Waals surface area (Å²) in [6.07, 6.45) is 6.96. The molecule has 0 N–H and O–H groups in total. The second kappa shape index (κ2) is 3.61. The fourth-order valence-electron chi connectivity index (χ4n) is 1.69. The molecule has 0 aromatic rings. The zero-order valence-corrected chi connectivity index (χ0v) is 8.63. The second-order valence-electron chi connectivity index (χ2n) is 4.32. The van der Waals surface area contributed by atoms with Gasteiger partial charge >= 0.3 is 0 Å². The van der Waals surface area contributed by atoms with Gasteiger partial charge in [0.25, 0.3) is 0 Å². The molecular formula is C11H20O. The van der Waals surface area contributed by atoms with Crippen molar-refractivity contribution in [2.75, 3.05) is 7.11 Å². The van der Waals surface area contributed by atoms with E-state index in [9.17, 15) is 0 Å². The van der Waals surface area contributed by atoms with Crippen molar-refractivity contribution in [3.8, 4) is 0 Å². The number of hydrogen-bond donors (Lipinski definition) is 0. The van der Waals surface area contributed by atoms with Crippen molar-refractivity contribution in [2.24, 2.45) is 11.8 Å². The van der Waals surface area contributed by atoms with Crippen molar-refractivity contribution in [2.45, 2.75) is 39.2 Å². The first kappa shape index (κ1) is 9.79. The summed E-state index contributed by atoms with van der Waals surface area (Å²) in [6.45, 7) is 6.72. The molecule has 2 atom stereocenters. The fraction of sp³-hybridized carbons (Fsp3) is 0.818. The molecule has 0 bridgehead atoms. The molecule has 70 valence electrons. The summed E-state index contributed by atoms with van der Waals surface area (Å²) in [4.78, 5) is 0. The maximum atomic E-state index is 5.42. The Hall–Kier alpha value is -0.300. The van der Waals surface area contributed by atoms with Crippen LogP contribution < -0.4 is 0 Å². The lowest BCUT2D eigenvalue weighted by molar-refractivity contribution is 0.0295. The summed E-state index contributed by atoms with van der Waals surface area (Å²) in [7, 11) is 1.79. The van der Waals surface area contributed by atoms with Crippen molar-refractivity contribution in [1.29, 1.82) is 0 Å². The predicted molar refractivity (Wildman–Crippen MR) is 52.1 cm³/mol. The highest BCUT2D eigenvalue weighted by Gasteiger charge is 2.26. The van der Waals surface area contributed by atoms with Crippen molar-refractivity contribution in [3.05, 3.63) is 12.2 Å². The summed E-state index contributed by atoms with van der Waals surface area (Å²) in [5.74, 6) is 1.52. The normalized spacial score (nSPS) is 35.9. The Bertz CT molecular complexity index is 172. The van der Waals surface area contributed by atoms with E-state index in [1.807, 2.05) is 0 Å². The molecule has 0 radical (unpaired) electrons. The molecule has 0 fully saturated rings. The van der Waals surface area contributed by atoms with E-state index in [-0.39, 0.29) is 5.60 Å². The Kier molecular flexibility index (Phi) is 2.94. The summed E-state index contributed by atoms with van der Waals surface area (Å²) in [5.41, 5.74) is 0.00535. The van der Waals surface area contributed by atoms with Crippen LogP contribution in [0.3, 0.4) is 0 Å². The molecule has 0 saturated heterocycles. The largest absolute Gasteiger partial charge is 0.374 e. The van der Waals surface area contributed by atoms with Crippen LogP contribution in [0.2, 0.25) is 0 Å². The zero-order chi connectivity index (χ0) is 9.19. The third-order valence-electron chi connectivity index (χ3n) is 2.99. The lowest BCUT2D eigenvalue weighted by atomic mass is 9.81. The van der Waals surface area contributed by atoms with Gasteiger partial charge in [-0.15, -0.1) is 0 Å². The Labute approximate surface area is 75.8 Å². The van der Waals surface area contributed by atoms with Crippen LogP contribution in [0.25, 0.3) is 0 Å². The van der Waals surface area contributed by atoms with E-state index < -0.39 is 0 Å². The third-order valence-corrected chi connectivity index (χ3v) is 2.99. The van der Waals surface area contributed by atoms with Crippen LogP contribution in [-0.2, 0) is 4.74 Å². The predicted octanol–water partition coefficient (Wildman–Crippen LogP) is 3.01. The van der Waals surface area contributed by atoms with Crippen LogP contribution >= 0.6 is 0 Å². The smallest absolute Gasteiger partial charge is 0.0830 e. The van der Waals surface area contributed by atoms with Gasteiger partial charge in [0.05, 0.1) is 5.60 Å². The highest BCUT2D eigenvalue weighted by Crippen LogP contribution is 2.31. The van der Waals surface area contributed by atoms with Gasteiger partial charge in [0.15, 0.2) is 0 Å². The summed E-state index contributed by atoms with van der Waals surface area (Å²) in [6, 6.07) is 0. The molecule has 1 heteroatoms. The van der Waals surface area contributed by atoms with Gasteiger partial charge in [-0.1, -0.05) is 26.0 Å². The SMILES string of the molecule is CO[C@@]1(C)C=C[C@H](C(C)C)CC1. The molecule has 1 rings (SSSR count). The summed E-state index contributed by atoms with van der Waals surface area (Å²) >= 11 is 0. The Balaban J connectivity index is 2.58. The van der Waals surface area contributed by atoms with Gasteiger partial charge in [0, 0.05) is 7.11 Å². The van der Waals surface area contributed by atoms with Gasteiger partial charge in [-0.3, -0.25) is 0 Å². The average Bonchev–Trinajstić information content (AvgIpc) is 2.05. The van der Waals surface area contributed by atoms with Crippen molar-refractivity contribution >= 4 is 0 Å². The van der Waals surface area contributed by atoms with Gasteiger partial charge < -0.3 is 4.74 Å². The molecule has 1 nitrogen and oxygen atoms in total. The third kappa shape index (κ3) is 2.10. The van der Waals surface area contributed by atoms with E-state index >= 15 is 0 Å². The van der Waals surface area contributed by atoms with Crippen LogP contribution in [-0.4, -0.2) is 12.7 Å². The molecule has 0 heterocycles. The van der Waals surface area contributed by atoms with Crippen LogP contribution in [0.5, 0.6) is 0 Å². The van der Waals surface area contributed by atoms with E-state index in [0.717, 1.165) is 18.3 Å². The Morgan fingerprint density at radius 3 is 2.50 bits per heavy atom. The molecule has 0 aromatic carbocycles. The molecule has 1 aliphatic carbocycles. The minimum Gasteiger partial charge on any atom is -0.374 e. The topological polar surface area (TPSA) is 9.23 Å². The van der Waals surface area contributed by atoms with E-state index in [1.54, 1.807) is 7.11 Å². The number of hydrogen-bond acceptors (Lipinski definition) is 1. The molecule has 1 aliphatic rings. The van der Waals surface area contributed by atoms with Gasteiger partial charge in [-0.25, -0.2) is 0 Å². The first-order chi connectivity index (χ1) is 5.57. The molecule has 12 heavy (non-hydrogen) atoms. The second-order valence-corrected chi connectivity index (χ2v) is 4.32. The van der Waals surface area contributed by atoms with Crippen LogP contribution in [0.4, 0.5) is 0 Å². The van der Waals surface area contributed by atoms with Crippen molar-refractivity contribution in [3.63, 3.8) is 0 Å². The molecule has 0 saturated carbocycles. The molecule has 0 aliphatic heterocycles. The Morgan fingerprint density at radius 2 is 2.17 bits per heavy atom. The first-order valence-corrected chi connectivity index (χ1v) is 4.82. The van der Waals surface area contributed by atoms with Crippen LogP contribution in [0, 0.1) is 11.8 Å². The number of allylic oxidation sites excluding steroid dienone is 1. The van der Waals surface area contributed by atoms with Gasteiger partial charge in [0.1, 0.15) is 0 Å². The van der Waals surface area contributed by atoms with Gasteiger partial charge in [-0.2, -0.15) is 0 Å². The van der Waals surface area contributed by atoms with E-state index in [4.69, 9.17) is 4.74 Å². The lowest BCUT2D eigenvalue weighted by Gasteiger charge is -2.32. The van der Waals surface area contributed by atoms with Gasteiger partial charge in [0.2, 0.25) is 0 Å². The van der Waals surface area contributed by atoms with Crippen molar-refractivity contribution in [1.82, 2.24) is 0 Å². The highest BCUT2D eigenvalue weighted by molar-refractivity contribution is 5.07. The maximum Gasteiger partial charge on any atom is 0.0830 e. The molecule has 0 amide bonds. The first-order valence-electron chi connectivity index (χ1n) is 4.82. The number of rotatable bonds is 2. The van der Waals surface area contributed by atoms with Crippen LogP contribution in [0.1, 0.15) is 33.6 Å². The standard InChI is InChI=1S/C11H20O/c1-9(2)10-5-7-11(3,12-4)8-6-10/h5,7,9-10H,6,8H2,1-4H3/t10-,11-/m0/s1. The lowest BCUT2D eigenvalue weighted by Crippen LogP contribution is -2.29. The highest BCUT2D eigenvalue weighted by atomic mass is 16.5. The van der Waals surface area contributed by atoms with Gasteiger partial charge in [-0.05, 0) is 31.6 Å². The molecular weight excluding hydrogens is 148 g/mol. The number of ether oxygens (including phenoxy) is 1. The van der Waals surface area contributed by atoms with E-state index in [0.29, 0.717) is 0 Å². The maximum absolute atomic E-state index is 5.42. The number of methoxy groups -OCH3 is 1. The molecule has 0 spiro atoms. The summed E-state index contributed by atoms with van der Waals surface area (Å²) < 4.78 is 5.42. The Morgan fingerprint density at radius 1 is 1.50 bits per heavy atom. The fourth-order valence-corrected chi connectivity index (χ4v) is 1.69. The minimum absolute atomic E-state index is 0.00535. The minimum atomic E-state index is 0.00535.